The second-order valence-corrected chi connectivity index (χ2v) is 7.65. The molecule has 0 heterocycles. The number of hydrogen-bond donors (Lipinski definition) is 2. The molecule has 4 heteroatoms. The lowest BCUT2D eigenvalue weighted by atomic mass is 9.74. The molecule has 0 bridgehead atoms. The fourth-order valence-electron chi connectivity index (χ4n) is 3.53. The van der Waals surface area contributed by atoms with Crippen LogP contribution in [0.2, 0.25) is 0 Å². The highest BCUT2D eigenvalue weighted by molar-refractivity contribution is 7.98. The van der Waals surface area contributed by atoms with Crippen LogP contribution in [0.3, 0.4) is 0 Å². The average molecular weight is 335 g/mol. The monoisotopic (exact) mass is 334 g/mol. The number of carbonyl (C=O) groups is 1. The van der Waals surface area contributed by atoms with E-state index < -0.39 is 0 Å². The van der Waals surface area contributed by atoms with E-state index in [0.29, 0.717) is 6.54 Å². The molecule has 1 aliphatic rings. The minimum atomic E-state index is -0.388. The van der Waals surface area contributed by atoms with Gasteiger partial charge in [-0.15, -0.1) is 0 Å². The second-order valence-electron chi connectivity index (χ2n) is 6.67. The van der Waals surface area contributed by atoms with Crippen molar-refractivity contribution in [2.24, 2.45) is 5.73 Å². The van der Waals surface area contributed by atoms with Crippen molar-refractivity contribution in [1.29, 1.82) is 0 Å². The molecule has 0 spiro atoms. The van der Waals surface area contributed by atoms with Crippen molar-refractivity contribution in [2.75, 3.05) is 18.6 Å². The fourth-order valence-corrected chi connectivity index (χ4v) is 4.02. The van der Waals surface area contributed by atoms with Crippen LogP contribution in [0.4, 0.5) is 0 Å². The Morgan fingerprint density at radius 2 is 1.87 bits per heavy atom. The molecule has 1 aromatic rings. The summed E-state index contributed by atoms with van der Waals surface area (Å²) in [5, 5.41) is 3.15. The van der Waals surface area contributed by atoms with Crippen LogP contribution in [0.1, 0.15) is 50.5 Å². The Morgan fingerprint density at radius 1 is 1.22 bits per heavy atom. The lowest BCUT2D eigenvalue weighted by molar-refractivity contribution is -0.122. The van der Waals surface area contributed by atoms with Crippen molar-refractivity contribution in [3.63, 3.8) is 0 Å². The van der Waals surface area contributed by atoms with Gasteiger partial charge in [-0.3, -0.25) is 4.79 Å². The second kappa shape index (κ2) is 9.33. The first-order valence-electron chi connectivity index (χ1n) is 8.76. The Balaban J connectivity index is 2.05. The summed E-state index contributed by atoms with van der Waals surface area (Å²) >= 11 is 1.73. The average Bonchev–Trinajstić information content (AvgIpc) is 2.85. The van der Waals surface area contributed by atoms with Crippen LogP contribution in [0.5, 0.6) is 0 Å². The SMILES string of the molecule is CSCC[C@H](N)C(=O)NCC1(c2ccccc2)CCCCCC1. The molecule has 0 aliphatic heterocycles. The van der Waals surface area contributed by atoms with E-state index in [4.69, 9.17) is 5.73 Å². The van der Waals surface area contributed by atoms with Gasteiger partial charge in [-0.05, 0) is 36.8 Å². The molecule has 1 saturated carbocycles. The molecule has 0 saturated heterocycles. The van der Waals surface area contributed by atoms with E-state index in [2.05, 4.69) is 35.6 Å². The summed E-state index contributed by atoms with van der Waals surface area (Å²) in [7, 11) is 0. The van der Waals surface area contributed by atoms with Gasteiger partial charge in [0.15, 0.2) is 0 Å². The largest absolute Gasteiger partial charge is 0.354 e. The van der Waals surface area contributed by atoms with Gasteiger partial charge in [0.1, 0.15) is 0 Å². The van der Waals surface area contributed by atoms with Gasteiger partial charge in [-0.25, -0.2) is 0 Å². The number of nitrogens with two attached hydrogens (primary N) is 1. The van der Waals surface area contributed by atoms with Crippen LogP contribution in [-0.2, 0) is 10.2 Å². The molecule has 1 fully saturated rings. The molecule has 1 aromatic carbocycles. The minimum absolute atomic E-state index is 0.00129. The minimum Gasteiger partial charge on any atom is -0.354 e. The molecular weight excluding hydrogens is 304 g/mol. The maximum atomic E-state index is 12.3. The zero-order chi connectivity index (χ0) is 16.5. The number of rotatable bonds is 7. The Bertz CT molecular complexity index is 470. The summed E-state index contributed by atoms with van der Waals surface area (Å²) in [6.07, 6.45) is 10.2. The van der Waals surface area contributed by atoms with Crippen molar-refractivity contribution >= 4 is 17.7 Å². The molecule has 128 valence electrons. The number of nitrogens with one attached hydrogen (secondary N) is 1. The molecule has 3 N–H and O–H groups in total. The standard InChI is InChI=1S/C19H30N2OS/c1-23-14-11-17(20)18(22)21-15-19(12-7-2-3-8-13-19)16-9-5-4-6-10-16/h4-6,9-10,17H,2-3,7-8,11-15,20H2,1H3,(H,21,22)/t17-/m0/s1. The van der Waals surface area contributed by atoms with Gasteiger partial charge in [-0.2, -0.15) is 11.8 Å². The molecule has 0 radical (unpaired) electrons. The summed E-state index contributed by atoms with van der Waals surface area (Å²) in [5.41, 5.74) is 7.44. The van der Waals surface area contributed by atoms with Gasteiger partial charge in [0.2, 0.25) is 5.91 Å². The van der Waals surface area contributed by atoms with E-state index in [9.17, 15) is 4.79 Å². The third kappa shape index (κ3) is 5.25. The Labute approximate surface area is 144 Å². The van der Waals surface area contributed by atoms with Crippen LogP contribution < -0.4 is 11.1 Å². The van der Waals surface area contributed by atoms with E-state index >= 15 is 0 Å². The topological polar surface area (TPSA) is 55.1 Å². The molecule has 1 amide bonds. The van der Waals surface area contributed by atoms with E-state index in [1.807, 2.05) is 6.26 Å². The summed E-state index contributed by atoms with van der Waals surface area (Å²) in [6.45, 7) is 0.711. The van der Waals surface area contributed by atoms with Crippen LogP contribution in [-0.4, -0.2) is 30.5 Å². The Hall–Kier alpha value is -1.00. The van der Waals surface area contributed by atoms with Gasteiger partial charge >= 0.3 is 0 Å². The summed E-state index contributed by atoms with van der Waals surface area (Å²) < 4.78 is 0. The molecule has 0 unspecified atom stereocenters. The number of benzene rings is 1. The number of thioether (sulfide) groups is 1. The van der Waals surface area contributed by atoms with E-state index in [-0.39, 0.29) is 17.4 Å². The first-order valence-corrected chi connectivity index (χ1v) is 10.2. The Morgan fingerprint density at radius 3 is 2.48 bits per heavy atom. The molecule has 1 atom stereocenters. The molecule has 0 aromatic heterocycles. The molecule has 3 nitrogen and oxygen atoms in total. The highest BCUT2D eigenvalue weighted by Crippen LogP contribution is 2.37. The van der Waals surface area contributed by atoms with Crippen molar-refractivity contribution < 1.29 is 4.79 Å². The first-order chi connectivity index (χ1) is 11.2. The number of hydrogen-bond acceptors (Lipinski definition) is 3. The predicted molar refractivity (Wildman–Crippen MR) is 99.8 cm³/mol. The predicted octanol–water partition coefficient (Wildman–Crippen LogP) is 3.48. The number of carbonyl (C=O) groups excluding carboxylic acids is 1. The van der Waals surface area contributed by atoms with Crippen molar-refractivity contribution in [2.45, 2.75) is 56.4 Å². The molecule has 23 heavy (non-hydrogen) atoms. The van der Waals surface area contributed by atoms with Crippen LogP contribution in [0.25, 0.3) is 0 Å². The normalized spacial score (nSPS) is 18.9. The van der Waals surface area contributed by atoms with E-state index in [1.165, 1.54) is 31.2 Å². The quantitative estimate of drug-likeness (QED) is 0.751. The van der Waals surface area contributed by atoms with Crippen molar-refractivity contribution in [3.05, 3.63) is 35.9 Å². The van der Waals surface area contributed by atoms with Gasteiger partial charge in [-0.1, -0.05) is 56.0 Å². The summed E-state index contributed by atoms with van der Waals surface area (Å²) in [6, 6.07) is 10.3. The zero-order valence-corrected chi connectivity index (χ0v) is 15.0. The van der Waals surface area contributed by atoms with Gasteiger partial charge in [0, 0.05) is 12.0 Å². The van der Waals surface area contributed by atoms with Crippen LogP contribution in [0.15, 0.2) is 30.3 Å². The molecule has 1 aliphatic carbocycles. The molecular formula is C19H30N2OS. The van der Waals surface area contributed by atoms with Gasteiger partial charge in [0.25, 0.3) is 0 Å². The third-order valence-corrected chi connectivity index (χ3v) is 5.66. The zero-order valence-electron chi connectivity index (χ0n) is 14.2. The van der Waals surface area contributed by atoms with Gasteiger partial charge < -0.3 is 11.1 Å². The number of amides is 1. The van der Waals surface area contributed by atoms with Crippen molar-refractivity contribution in [3.8, 4) is 0 Å². The maximum Gasteiger partial charge on any atom is 0.236 e. The van der Waals surface area contributed by atoms with E-state index in [0.717, 1.165) is 25.0 Å². The molecule has 2 rings (SSSR count). The van der Waals surface area contributed by atoms with Crippen molar-refractivity contribution in [1.82, 2.24) is 5.32 Å². The first kappa shape index (κ1) is 18.3. The van der Waals surface area contributed by atoms with Crippen LogP contribution in [0, 0.1) is 0 Å². The Kier molecular flexibility index (Phi) is 7.44. The lowest BCUT2D eigenvalue weighted by Gasteiger charge is -2.34. The maximum absolute atomic E-state index is 12.3. The smallest absolute Gasteiger partial charge is 0.236 e. The third-order valence-electron chi connectivity index (χ3n) is 5.02. The summed E-state index contributed by atoms with van der Waals surface area (Å²) in [4.78, 5) is 12.3. The highest BCUT2D eigenvalue weighted by atomic mass is 32.2. The van der Waals surface area contributed by atoms with E-state index in [1.54, 1.807) is 11.8 Å². The highest BCUT2D eigenvalue weighted by Gasteiger charge is 2.33. The van der Waals surface area contributed by atoms with Crippen LogP contribution >= 0.6 is 11.8 Å². The summed E-state index contributed by atoms with van der Waals surface area (Å²) in [5.74, 6) is 0.928. The fraction of sp³-hybridized carbons (Fsp3) is 0.632. The lowest BCUT2D eigenvalue weighted by Crippen LogP contribution is -2.47. The van der Waals surface area contributed by atoms with Gasteiger partial charge in [0.05, 0.1) is 6.04 Å².